The summed E-state index contributed by atoms with van der Waals surface area (Å²) in [6, 6.07) is 7.37. The maximum Gasteiger partial charge on any atom is 0.320 e. The molecule has 3 rings (SSSR count). The van der Waals surface area contributed by atoms with Crippen LogP contribution in [0.15, 0.2) is 24.3 Å². The van der Waals surface area contributed by atoms with Crippen LogP contribution in [0.5, 0.6) is 0 Å². The Morgan fingerprint density at radius 2 is 1.75 bits per heavy atom. The van der Waals surface area contributed by atoms with Crippen molar-refractivity contribution in [3.05, 3.63) is 35.4 Å². The van der Waals surface area contributed by atoms with Crippen LogP contribution < -0.4 is 5.32 Å². The predicted octanol–water partition coefficient (Wildman–Crippen LogP) is 1.34. The van der Waals surface area contributed by atoms with Gasteiger partial charge in [-0.25, -0.2) is 0 Å². The smallest absolute Gasteiger partial charge is 0.320 e. The highest BCUT2D eigenvalue weighted by Gasteiger charge is 2.43. The minimum Gasteiger partial charge on any atom is -0.481 e. The Bertz CT molecular complexity index is 606. The molecule has 2 fully saturated rings. The van der Waals surface area contributed by atoms with Crippen molar-refractivity contribution < 1.29 is 19.8 Å². The number of nitrogens with zero attached hydrogens (tertiary/aromatic N) is 1. The minimum atomic E-state index is -0.811. The molecule has 6 nitrogen and oxygen atoms in total. The van der Waals surface area contributed by atoms with E-state index in [-0.39, 0.29) is 11.8 Å². The van der Waals surface area contributed by atoms with E-state index in [9.17, 15) is 9.59 Å². The molecule has 0 aliphatic carbocycles. The Kier molecular flexibility index (Phi) is 4.87. The third-order valence-corrected chi connectivity index (χ3v) is 5.36. The molecule has 1 atom stereocenters. The number of carbonyl (C=O) groups is 2. The van der Waals surface area contributed by atoms with Gasteiger partial charge in [-0.2, -0.15) is 0 Å². The van der Waals surface area contributed by atoms with Crippen LogP contribution in [0.2, 0.25) is 0 Å². The summed E-state index contributed by atoms with van der Waals surface area (Å²) >= 11 is 0. The van der Waals surface area contributed by atoms with E-state index in [1.165, 1.54) is 5.56 Å². The lowest BCUT2D eigenvalue weighted by Crippen LogP contribution is -2.40. The van der Waals surface area contributed by atoms with Crippen LogP contribution >= 0.6 is 0 Å². The molecule has 1 spiro atoms. The van der Waals surface area contributed by atoms with Crippen LogP contribution in [-0.4, -0.2) is 52.7 Å². The molecule has 2 aliphatic rings. The molecule has 0 aromatic heterocycles. The fraction of sp³-hybridized carbons (Fsp3) is 0.556. The Hall–Kier alpha value is -1.92. The standard InChI is InChI=1S/C18H24N2O4/c21-16(22)9-13-1-3-14(4-2-13)11-20-7-5-18(6-8-20)10-15(17(23)24)19-12-18/h1-4,15,19H,5-12H2,(H,21,22)(H,23,24)/t15-/m0/s1. The lowest BCUT2D eigenvalue weighted by molar-refractivity contribution is -0.139. The topological polar surface area (TPSA) is 89.9 Å². The molecule has 0 saturated carbocycles. The fourth-order valence-corrected chi connectivity index (χ4v) is 3.85. The van der Waals surface area contributed by atoms with Gasteiger partial charge in [-0.1, -0.05) is 24.3 Å². The van der Waals surface area contributed by atoms with E-state index in [0.29, 0.717) is 0 Å². The van der Waals surface area contributed by atoms with Crippen molar-refractivity contribution in [3.63, 3.8) is 0 Å². The lowest BCUT2D eigenvalue weighted by Gasteiger charge is -2.39. The van der Waals surface area contributed by atoms with Gasteiger partial charge in [0.05, 0.1) is 6.42 Å². The second-order valence-corrected chi connectivity index (χ2v) is 7.14. The first-order chi connectivity index (χ1) is 11.5. The number of benzene rings is 1. The molecule has 3 N–H and O–H groups in total. The summed E-state index contributed by atoms with van der Waals surface area (Å²) < 4.78 is 0. The van der Waals surface area contributed by atoms with Crippen molar-refractivity contribution in [2.24, 2.45) is 5.41 Å². The van der Waals surface area contributed by atoms with E-state index in [4.69, 9.17) is 10.2 Å². The summed E-state index contributed by atoms with van der Waals surface area (Å²) in [6.07, 6.45) is 2.85. The van der Waals surface area contributed by atoms with Gasteiger partial charge in [0.1, 0.15) is 6.04 Å². The van der Waals surface area contributed by atoms with Crippen LogP contribution in [0.3, 0.4) is 0 Å². The molecular weight excluding hydrogens is 308 g/mol. The Labute approximate surface area is 141 Å². The van der Waals surface area contributed by atoms with E-state index in [0.717, 1.165) is 51.0 Å². The van der Waals surface area contributed by atoms with Gasteiger partial charge in [0, 0.05) is 13.1 Å². The van der Waals surface area contributed by atoms with Crippen molar-refractivity contribution in [1.82, 2.24) is 10.2 Å². The maximum absolute atomic E-state index is 11.1. The number of likely N-dealkylation sites (tertiary alicyclic amines) is 1. The van der Waals surface area contributed by atoms with Gasteiger partial charge in [-0.05, 0) is 48.9 Å². The molecule has 0 unspecified atom stereocenters. The van der Waals surface area contributed by atoms with Gasteiger partial charge in [0.25, 0.3) is 0 Å². The second kappa shape index (κ2) is 6.91. The van der Waals surface area contributed by atoms with Crippen LogP contribution in [0, 0.1) is 5.41 Å². The van der Waals surface area contributed by atoms with Crippen LogP contribution in [0.4, 0.5) is 0 Å². The molecule has 2 aliphatic heterocycles. The van der Waals surface area contributed by atoms with E-state index in [1.807, 2.05) is 24.3 Å². The first-order valence-corrected chi connectivity index (χ1v) is 8.44. The largest absolute Gasteiger partial charge is 0.481 e. The average Bonchev–Trinajstić information content (AvgIpc) is 2.96. The van der Waals surface area contributed by atoms with Crippen LogP contribution in [-0.2, 0) is 22.6 Å². The molecule has 130 valence electrons. The monoisotopic (exact) mass is 332 g/mol. The molecule has 0 amide bonds. The summed E-state index contributed by atoms with van der Waals surface area (Å²) in [4.78, 5) is 24.2. The zero-order valence-corrected chi connectivity index (χ0v) is 13.7. The summed E-state index contributed by atoms with van der Waals surface area (Å²) in [5.74, 6) is -1.55. The van der Waals surface area contributed by atoms with E-state index in [1.54, 1.807) is 0 Å². The van der Waals surface area contributed by atoms with Gasteiger partial charge in [-0.3, -0.25) is 14.5 Å². The highest BCUT2D eigenvalue weighted by atomic mass is 16.4. The van der Waals surface area contributed by atoms with Crippen molar-refractivity contribution in [1.29, 1.82) is 0 Å². The third-order valence-electron chi connectivity index (χ3n) is 5.36. The van der Waals surface area contributed by atoms with Crippen molar-refractivity contribution in [2.45, 2.75) is 38.3 Å². The first kappa shape index (κ1) is 16.9. The molecule has 0 bridgehead atoms. The van der Waals surface area contributed by atoms with E-state index in [2.05, 4.69) is 10.2 Å². The average molecular weight is 332 g/mol. The number of rotatable bonds is 5. The number of carboxylic acid groups (broad SMARTS) is 2. The quantitative estimate of drug-likeness (QED) is 0.754. The zero-order chi connectivity index (χ0) is 17.2. The van der Waals surface area contributed by atoms with Gasteiger partial charge in [0.2, 0.25) is 0 Å². The number of carboxylic acids is 2. The number of aliphatic carboxylic acids is 2. The van der Waals surface area contributed by atoms with E-state index >= 15 is 0 Å². The van der Waals surface area contributed by atoms with Crippen LogP contribution in [0.25, 0.3) is 0 Å². The Balaban J connectivity index is 1.50. The normalized spacial score (nSPS) is 23.4. The van der Waals surface area contributed by atoms with Gasteiger partial charge < -0.3 is 15.5 Å². The van der Waals surface area contributed by atoms with Crippen LogP contribution in [0.1, 0.15) is 30.4 Å². The molecule has 1 aromatic carbocycles. The summed E-state index contributed by atoms with van der Waals surface area (Å²) in [6.45, 7) is 3.62. The molecule has 2 saturated heterocycles. The second-order valence-electron chi connectivity index (χ2n) is 7.14. The molecule has 6 heteroatoms. The summed E-state index contributed by atoms with van der Waals surface area (Å²) in [7, 11) is 0. The summed E-state index contributed by atoms with van der Waals surface area (Å²) in [5, 5.41) is 21.1. The van der Waals surface area contributed by atoms with Gasteiger partial charge in [-0.15, -0.1) is 0 Å². The molecule has 1 aromatic rings. The summed E-state index contributed by atoms with van der Waals surface area (Å²) in [5.41, 5.74) is 2.15. The van der Waals surface area contributed by atoms with E-state index < -0.39 is 18.0 Å². The van der Waals surface area contributed by atoms with Gasteiger partial charge in [0.15, 0.2) is 0 Å². The molecular formula is C18H24N2O4. The number of hydrogen-bond donors (Lipinski definition) is 3. The van der Waals surface area contributed by atoms with Crippen molar-refractivity contribution in [3.8, 4) is 0 Å². The lowest BCUT2D eigenvalue weighted by atomic mass is 9.76. The van der Waals surface area contributed by atoms with Gasteiger partial charge >= 0.3 is 11.9 Å². The Morgan fingerprint density at radius 1 is 1.12 bits per heavy atom. The third kappa shape index (κ3) is 3.94. The van der Waals surface area contributed by atoms with Crippen molar-refractivity contribution >= 4 is 11.9 Å². The first-order valence-electron chi connectivity index (χ1n) is 8.44. The van der Waals surface area contributed by atoms with Crippen molar-refractivity contribution in [2.75, 3.05) is 19.6 Å². The fourth-order valence-electron chi connectivity index (χ4n) is 3.85. The number of nitrogens with one attached hydrogen (secondary N) is 1. The maximum atomic E-state index is 11.1. The molecule has 0 radical (unpaired) electrons. The highest BCUT2D eigenvalue weighted by Crippen LogP contribution is 2.39. The predicted molar refractivity (Wildman–Crippen MR) is 88.8 cm³/mol. The zero-order valence-electron chi connectivity index (χ0n) is 13.7. The minimum absolute atomic E-state index is 0.0598. The Morgan fingerprint density at radius 3 is 2.29 bits per heavy atom. The molecule has 24 heavy (non-hydrogen) atoms. The number of hydrogen-bond acceptors (Lipinski definition) is 4. The molecule has 2 heterocycles. The number of piperidine rings is 1. The SMILES string of the molecule is O=C(O)Cc1ccc(CN2CCC3(CC2)CN[C@H](C(=O)O)C3)cc1. The highest BCUT2D eigenvalue weighted by molar-refractivity contribution is 5.74.